The Balaban J connectivity index is 2.11. The van der Waals surface area contributed by atoms with E-state index in [0.29, 0.717) is 16.5 Å². The van der Waals surface area contributed by atoms with Gasteiger partial charge in [0.15, 0.2) is 0 Å². The van der Waals surface area contributed by atoms with E-state index in [0.717, 1.165) is 18.2 Å². The third-order valence-electron chi connectivity index (χ3n) is 2.37. The SMILES string of the molecule is Nc1ccc(OCc2cc(F)ccc2F)cc1Cl. The molecule has 0 spiro atoms. The molecule has 2 aromatic carbocycles. The van der Waals surface area contributed by atoms with Gasteiger partial charge in [-0.1, -0.05) is 11.6 Å². The topological polar surface area (TPSA) is 35.2 Å². The van der Waals surface area contributed by atoms with E-state index in [-0.39, 0.29) is 12.2 Å². The van der Waals surface area contributed by atoms with Crippen molar-refractivity contribution < 1.29 is 13.5 Å². The fourth-order valence-corrected chi connectivity index (χ4v) is 1.58. The molecule has 94 valence electrons. The van der Waals surface area contributed by atoms with Crippen molar-refractivity contribution in [2.24, 2.45) is 0 Å². The highest BCUT2D eigenvalue weighted by Gasteiger charge is 2.05. The summed E-state index contributed by atoms with van der Waals surface area (Å²) in [7, 11) is 0. The molecule has 2 N–H and O–H groups in total. The molecule has 0 amide bonds. The van der Waals surface area contributed by atoms with Crippen molar-refractivity contribution >= 4 is 17.3 Å². The van der Waals surface area contributed by atoms with E-state index in [4.69, 9.17) is 22.1 Å². The monoisotopic (exact) mass is 269 g/mol. The predicted molar refractivity (Wildman–Crippen MR) is 66.6 cm³/mol. The third-order valence-corrected chi connectivity index (χ3v) is 2.70. The number of anilines is 1. The molecule has 0 saturated heterocycles. The van der Waals surface area contributed by atoms with Crippen LogP contribution in [-0.2, 0) is 6.61 Å². The van der Waals surface area contributed by atoms with Gasteiger partial charge < -0.3 is 10.5 Å². The molecule has 18 heavy (non-hydrogen) atoms. The predicted octanol–water partition coefficient (Wildman–Crippen LogP) is 3.78. The number of hydrogen-bond acceptors (Lipinski definition) is 2. The summed E-state index contributed by atoms with van der Waals surface area (Å²) < 4.78 is 31.6. The van der Waals surface area contributed by atoms with Crippen LogP contribution in [0.5, 0.6) is 5.75 Å². The summed E-state index contributed by atoms with van der Waals surface area (Å²) in [6.07, 6.45) is 0. The molecule has 0 aliphatic carbocycles. The van der Waals surface area contributed by atoms with E-state index in [1.165, 1.54) is 6.07 Å². The highest BCUT2D eigenvalue weighted by molar-refractivity contribution is 6.33. The van der Waals surface area contributed by atoms with Gasteiger partial charge in [-0.15, -0.1) is 0 Å². The first-order chi connectivity index (χ1) is 8.56. The first-order valence-electron chi connectivity index (χ1n) is 5.18. The molecular weight excluding hydrogens is 260 g/mol. The van der Waals surface area contributed by atoms with Gasteiger partial charge in [0, 0.05) is 11.6 Å². The standard InChI is InChI=1S/C13H10ClF2NO/c14-11-6-10(2-4-13(11)17)18-7-8-5-9(15)1-3-12(8)16/h1-6H,7,17H2. The second kappa shape index (κ2) is 5.23. The van der Waals surface area contributed by atoms with Crippen molar-refractivity contribution in [3.05, 3.63) is 58.6 Å². The maximum atomic E-state index is 13.3. The maximum absolute atomic E-state index is 13.3. The lowest BCUT2D eigenvalue weighted by Crippen LogP contribution is -1.99. The van der Waals surface area contributed by atoms with Gasteiger partial charge in [-0.3, -0.25) is 0 Å². The Labute approximate surface area is 108 Å². The van der Waals surface area contributed by atoms with Gasteiger partial charge in [-0.05, 0) is 30.3 Å². The van der Waals surface area contributed by atoms with Crippen LogP contribution in [-0.4, -0.2) is 0 Å². The van der Waals surface area contributed by atoms with Gasteiger partial charge in [0.25, 0.3) is 0 Å². The van der Waals surface area contributed by atoms with Gasteiger partial charge in [-0.25, -0.2) is 8.78 Å². The molecule has 2 aromatic rings. The minimum atomic E-state index is -0.516. The molecule has 0 atom stereocenters. The van der Waals surface area contributed by atoms with E-state index in [9.17, 15) is 8.78 Å². The second-order valence-corrected chi connectivity index (χ2v) is 4.11. The van der Waals surface area contributed by atoms with Gasteiger partial charge in [-0.2, -0.15) is 0 Å². The summed E-state index contributed by atoms with van der Waals surface area (Å²) in [6, 6.07) is 7.92. The van der Waals surface area contributed by atoms with Crippen molar-refractivity contribution in [1.82, 2.24) is 0 Å². The highest BCUT2D eigenvalue weighted by Crippen LogP contribution is 2.25. The molecule has 2 rings (SSSR count). The van der Waals surface area contributed by atoms with Crippen molar-refractivity contribution in [2.75, 3.05) is 5.73 Å². The van der Waals surface area contributed by atoms with Crippen molar-refractivity contribution in [2.45, 2.75) is 6.61 Å². The molecular formula is C13H10ClF2NO. The van der Waals surface area contributed by atoms with E-state index in [1.54, 1.807) is 12.1 Å². The molecule has 0 unspecified atom stereocenters. The number of halogens is 3. The average molecular weight is 270 g/mol. The van der Waals surface area contributed by atoms with Crippen LogP contribution in [0, 0.1) is 11.6 Å². The van der Waals surface area contributed by atoms with Crippen LogP contribution in [0.15, 0.2) is 36.4 Å². The largest absolute Gasteiger partial charge is 0.489 e. The fourth-order valence-electron chi connectivity index (χ4n) is 1.41. The van der Waals surface area contributed by atoms with Crippen LogP contribution in [0.3, 0.4) is 0 Å². The van der Waals surface area contributed by atoms with Crippen LogP contribution in [0.1, 0.15) is 5.56 Å². The Bertz CT molecular complexity index is 575. The van der Waals surface area contributed by atoms with Gasteiger partial charge in [0.1, 0.15) is 24.0 Å². The second-order valence-electron chi connectivity index (χ2n) is 3.71. The Hall–Kier alpha value is -1.81. The Kier molecular flexibility index (Phi) is 3.67. The molecule has 0 bridgehead atoms. The molecule has 2 nitrogen and oxygen atoms in total. The highest BCUT2D eigenvalue weighted by atomic mass is 35.5. The molecule has 0 aromatic heterocycles. The van der Waals surface area contributed by atoms with Crippen LogP contribution in [0.4, 0.5) is 14.5 Å². The lowest BCUT2D eigenvalue weighted by Gasteiger charge is -2.08. The summed E-state index contributed by atoms with van der Waals surface area (Å²) in [4.78, 5) is 0. The quantitative estimate of drug-likeness (QED) is 0.861. The fraction of sp³-hybridized carbons (Fsp3) is 0.0769. The van der Waals surface area contributed by atoms with Crippen molar-refractivity contribution in [3.8, 4) is 5.75 Å². The van der Waals surface area contributed by atoms with Crippen LogP contribution < -0.4 is 10.5 Å². The summed E-state index contributed by atoms with van der Waals surface area (Å²) in [5.41, 5.74) is 6.12. The summed E-state index contributed by atoms with van der Waals surface area (Å²) >= 11 is 5.81. The smallest absolute Gasteiger partial charge is 0.130 e. The van der Waals surface area contributed by atoms with Gasteiger partial charge in [0.2, 0.25) is 0 Å². The summed E-state index contributed by atoms with van der Waals surface area (Å²) in [5.74, 6) is -0.582. The van der Waals surface area contributed by atoms with Gasteiger partial charge >= 0.3 is 0 Å². The molecule has 0 radical (unpaired) electrons. The Morgan fingerprint density at radius 2 is 1.89 bits per heavy atom. The van der Waals surface area contributed by atoms with Crippen LogP contribution in [0.2, 0.25) is 5.02 Å². The maximum Gasteiger partial charge on any atom is 0.130 e. The average Bonchev–Trinajstić information content (AvgIpc) is 2.34. The third kappa shape index (κ3) is 2.90. The lowest BCUT2D eigenvalue weighted by atomic mass is 10.2. The van der Waals surface area contributed by atoms with Crippen LogP contribution >= 0.6 is 11.6 Å². The molecule has 0 fully saturated rings. The number of hydrogen-bond donors (Lipinski definition) is 1. The molecule has 0 aliphatic rings. The van der Waals surface area contributed by atoms with E-state index < -0.39 is 11.6 Å². The minimum absolute atomic E-state index is 0.0795. The number of rotatable bonds is 3. The first-order valence-corrected chi connectivity index (χ1v) is 5.56. The number of ether oxygens (including phenoxy) is 1. The van der Waals surface area contributed by atoms with Gasteiger partial charge in [0.05, 0.1) is 10.7 Å². The normalized spacial score (nSPS) is 10.4. The Morgan fingerprint density at radius 1 is 1.11 bits per heavy atom. The number of benzene rings is 2. The first kappa shape index (κ1) is 12.6. The molecule has 5 heteroatoms. The van der Waals surface area contributed by atoms with Crippen molar-refractivity contribution in [3.63, 3.8) is 0 Å². The molecule has 0 heterocycles. The molecule has 0 aliphatic heterocycles. The zero-order valence-electron chi connectivity index (χ0n) is 9.29. The number of nitrogens with two attached hydrogens (primary N) is 1. The zero-order valence-corrected chi connectivity index (χ0v) is 10.0. The zero-order chi connectivity index (χ0) is 13.1. The Morgan fingerprint density at radius 3 is 2.61 bits per heavy atom. The van der Waals surface area contributed by atoms with Crippen LogP contribution in [0.25, 0.3) is 0 Å². The summed E-state index contributed by atoms with van der Waals surface area (Å²) in [5, 5.41) is 0.354. The minimum Gasteiger partial charge on any atom is -0.489 e. The van der Waals surface area contributed by atoms with E-state index in [1.807, 2.05) is 0 Å². The number of nitrogen functional groups attached to an aromatic ring is 1. The van der Waals surface area contributed by atoms with E-state index in [2.05, 4.69) is 0 Å². The van der Waals surface area contributed by atoms with E-state index >= 15 is 0 Å². The van der Waals surface area contributed by atoms with Crippen molar-refractivity contribution in [1.29, 1.82) is 0 Å². The lowest BCUT2D eigenvalue weighted by molar-refractivity contribution is 0.299. The summed E-state index contributed by atoms with van der Waals surface area (Å²) in [6.45, 7) is -0.0795. The molecule has 0 saturated carbocycles.